The molecule has 116 valence electrons. The van der Waals surface area contributed by atoms with Crippen LogP contribution < -0.4 is 10.6 Å². The zero-order valence-electron chi connectivity index (χ0n) is 13.2. The van der Waals surface area contributed by atoms with E-state index in [1.807, 2.05) is 44.4 Å². The van der Waals surface area contributed by atoms with E-state index in [-0.39, 0.29) is 5.95 Å². The van der Waals surface area contributed by atoms with Crippen LogP contribution in [0.4, 0.5) is 11.8 Å². The quantitative estimate of drug-likeness (QED) is 0.616. The molecular weight excluding hydrogens is 290 g/mol. The molecule has 0 aliphatic heterocycles. The monoisotopic (exact) mass is 307 g/mol. The molecule has 4 aromatic rings. The van der Waals surface area contributed by atoms with E-state index in [0.29, 0.717) is 0 Å². The molecular formula is C17H17N5O. The molecule has 6 heteroatoms. The van der Waals surface area contributed by atoms with E-state index in [2.05, 4.69) is 20.6 Å². The van der Waals surface area contributed by atoms with Gasteiger partial charge in [0, 0.05) is 43.9 Å². The second-order valence-electron chi connectivity index (χ2n) is 5.82. The van der Waals surface area contributed by atoms with Gasteiger partial charge in [0.15, 0.2) is 0 Å². The Kier molecular flexibility index (Phi) is 2.81. The number of anilines is 2. The minimum atomic E-state index is 0.273. The van der Waals surface area contributed by atoms with Gasteiger partial charge in [-0.1, -0.05) is 0 Å². The fourth-order valence-electron chi connectivity index (χ4n) is 3.08. The second-order valence-corrected chi connectivity index (χ2v) is 5.82. The summed E-state index contributed by atoms with van der Waals surface area (Å²) >= 11 is 0. The molecule has 23 heavy (non-hydrogen) atoms. The van der Waals surface area contributed by atoms with Crippen LogP contribution in [0.1, 0.15) is 0 Å². The summed E-state index contributed by atoms with van der Waals surface area (Å²) < 4.78 is 7.36. The van der Waals surface area contributed by atoms with E-state index >= 15 is 0 Å². The summed E-state index contributed by atoms with van der Waals surface area (Å²) in [5, 5.41) is 2.11. The number of hydrogen-bond acceptors (Lipinski definition) is 5. The summed E-state index contributed by atoms with van der Waals surface area (Å²) in [6.07, 6.45) is 5.46. The van der Waals surface area contributed by atoms with Crippen molar-refractivity contribution in [3.05, 3.63) is 36.9 Å². The first-order valence-electron chi connectivity index (χ1n) is 7.31. The fraction of sp³-hybridized carbons (Fsp3) is 0.176. The van der Waals surface area contributed by atoms with Gasteiger partial charge in [-0.3, -0.25) is 0 Å². The van der Waals surface area contributed by atoms with Crippen molar-refractivity contribution >= 4 is 33.6 Å². The molecule has 0 fully saturated rings. The van der Waals surface area contributed by atoms with Crippen molar-refractivity contribution in [2.24, 2.45) is 7.05 Å². The number of rotatable bonds is 2. The largest absolute Gasteiger partial charge is 0.472 e. The Labute approximate surface area is 133 Å². The molecule has 0 unspecified atom stereocenters. The van der Waals surface area contributed by atoms with E-state index in [1.54, 1.807) is 12.5 Å². The van der Waals surface area contributed by atoms with E-state index < -0.39 is 0 Å². The molecule has 3 aromatic heterocycles. The number of hydrogen-bond donors (Lipinski definition) is 1. The lowest BCUT2D eigenvalue weighted by Gasteiger charge is -2.16. The lowest BCUT2D eigenvalue weighted by Crippen LogP contribution is -2.13. The highest BCUT2D eigenvalue weighted by molar-refractivity contribution is 6.15. The average molecular weight is 307 g/mol. The van der Waals surface area contributed by atoms with Crippen LogP contribution in [-0.4, -0.2) is 28.6 Å². The molecule has 0 spiro atoms. The lowest BCUT2D eigenvalue weighted by atomic mass is 10.0. The smallest absolute Gasteiger partial charge is 0.222 e. The SMILES string of the molecule is CN(C)c1nc(N)nc2cc(-c3ccoc3)c3c(ccn3C)c12. The Hall–Kier alpha value is -3.02. The minimum Gasteiger partial charge on any atom is -0.472 e. The van der Waals surface area contributed by atoms with E-state index in [9.17, 15) is 0 Å². The number of fused-ring (bicyclic) bond motifs is 3. The highest BCUT2D eigenvalue weighted by atomic mass is 16.3. The van der Waals surface area contributed by atoms with Crippen LogP contribution in [0.5, 0.6) is 0 Å². The molecule has 6 nitrogen and oxygen atoms in total. The van der Waals surface area contributed by atoms with Gasteiger partial charge in [0.2, 0.25) is 5.95 Å². The van der Waals surface area contributed by atoms with Crippen molar-refractivity contribution in [3.8, 4) is 11.1 Å². The van der Waals surface area contributed by atoms with Crippen molar-refractivity contribution < 1.29 is 4.42 Å². The molecule has 0 atom stereocenters. The van der Waals surface area contributed by atoms with Gasteiger partial charge in [-0.05, 0) is 18.2 Å². The van der Waals surface area contributed by atoms with Crippen molar-refractivity contribution in [1.29, 1.82) is 0 Å². The molecule has 0 radical (unpaired) electrons. The van der Waals surface area contributed by atoms with Crippen LogP contribution in [-0.2, 0) is 7.05 Å². The number of nitrogens with two attached hydrogens (primary N) is 1. The number of nitrogens with zero attached hydrogens (tertiary/aromatic N) is 4. The van der Waals surface area contributed by atoms with Gasteiger partial charge in [0.1, 0.15) is 5.82 Å². The van der Waals surface area contributed by atoms with Crippen LogP contribution in [0.15, 0.2) is 41.3 Å². The summed E-state index contributed by atoms with van der Waals surface area (Å²) in [6, 6.07) is 6.09. The summed E-state index contributed by atoms with van der Waals surface area (Å²) in [4.78, 5) is 10.8. The second kappa shape index (κ2) is 4.74. The zero-order chi connectivity index (χ0) is 16.1. The number of furan rings is 1. The van der Waals surface area contributed by atoms with Crippen molar-refractivity contribution in [2.75, 3.05) is 24.7 Å². The van der Waals surface area contributed by atoms with Gasteiger partial charge >= 0.3 is 0 Å². The Bertz CT molecular complexity index is 1010. The first-order valence-corrected chi connectivity index (χ1v) is 7.31. The van der Waals surface area contributed by atoms with E-state index in [0.717, 1.165) is 38.8 Å². The van der Waals surface area contributed by atoms with Crippen LogP contribution in [0, 0.1) is 0 Å². The fourth-order valence-corrected chi connectivity index (χ4v) is 3.08. The molecule has 0 bridgehead atoms. The highest BCUT2D eigenvalue weighted by Gasteiger charge is 2.17. The predicted molar refractivity (Wildman–Crippen MR) is 92.5 cm³/mol. The van der Waals surface area contributed by atoms with Crippen molar-refractivity contribution in [3.63, 3.8) is 0 Å². The molecule has 0 aliphatic carbocycles. The Morgan fingerprint density at radius 1 is 1.22 bits per heavy atom. The van der Waals surface area contributed by atoms with Gasteiger partial charge in [-0.25, -0.2) is 4.98 Å². The van der Waals surface area contributed by atoms with Crippen LogP contribution in [0.25, 0.3) is 32.9 Å². The topological polar surface area (TPSA) is 73.1 Å². The van der Waals surface area contributed by atoms with Crippen LogP contribution in [0.3, 0.4) is 0 Å². The third kappa shape index (κ3) is 1.95. The molecule has 0 saturated carbocycles. The molecule has 0 aliphatic rings. The maximum absolute atomic E-state index is 5.91. The molecule has 4 rings (SSSR count). The Morgan fingerprint density at radius 2 is 2.04 bits per heavy atom. The average Bonchev–Trinajstić information content (AvgIpc) is 3.15. The Balaban J connectivity index is 2.23. The van der Waals surface area contributed by atoms with Crippen LogP contribution in [0.2, 0.25) is 0 Å². The van der Waals surface area contributed by atoms with Crippen molar-refractivity contribution in [2.45, 2.75) is 0 Å². The molecule has 0 saturated heterocycles. The molecule has 0 amide bonds. The highest BCUT2D eigenvalue weighted by Crippen LogP contribution is 2.38. The normalized spacial score (nSPS) is 11.4. The number of aromatic nitrogens is 3. The molecule has 2 N–H and O–H groups in total. The van der Waals surface area contributed by atoms with Gasteiger partial charge in [-0.2, -0.15) is 4.98 Å². The van der Waals surface area contributed by atoms with Gasteiger partial charge in [0.25, 0.3) is 0 Å². The standard InChI is InChI=1S/C17H17N5O/c1-21(2)16-14-11-4-6-22(3)15(11)12(10-5-7-23-9-10)8-13(14)19-17(18)20-16/h4-9H,1-3H3,(H2,18,19,20). The van der Waals surface area contributed by atoms with Gasteiger partial charge in [-0.15, -0.1) is 0 Å². The van der Waals surface area contributed by atoms with E-state index in [1.165, 1.54) is 0 Å². The first kappa shape index (κ1) is 13.6. The lowest BCUT2D eigenvalue weighted by molar-refractivity contribution is 0.568. The predicted octanol–water partition coefficient (Wildman–Crippen LogP) is 3.03. The summed E-state index contributed by atoms with van der Waals surface area (Å²) in [7, 11) is 5.95. The van der Waals surface area contributed by atoms with Crippen molar-refractivity contribution in [1.82, 2.24) is 14.5 Å². The summed E-state index contributed by atoms with van der Waals surface area (Å²) in [5.74, 6) is 1.09. The van der Waals surface area contributed by atoms with Crippen LogP contribution >= 0.6 is 0 Å². The molecule has 1 aromatic carbocycles. The number of aryl methyl sites for hydroxylation is 1. The zero-order valence-corrected chi connectivity index (χ0v) is 13.2. The van der Waals surface area contributed by atoms with E-state index in [4.69, 9.17) is 10.2 Å². The third-order valence-electron chi connectivity index (χ3n) is 4.07. The minimum absolute atomic E-state index is 0.273. The third-order valence-corrected chi connectivity index (χ3v) is 4.07. The summed E-state index contributed by atoms with van der Waals surface area (Å²) in [5.41, 5.74) is 9.94. The first-order chi connectivity index (χ1) is 11.1. The maximum Gasteiger partial charge on any atom is 0.222 e. The van der Waals surface area contributed by atoms with Gasteiger partial charge in [0.05, 0.1) is 28.9 Å². The Morgan fingerprint density at radius 3 is 2.74 bits per heavy atom. The molecule has 3 heterocycles. The number of nitrogen functional groups attached to an aromatic ring is 1. The maximum atomic E-state index is 5.91. The summed E-state index contributed by atoms with van der Waals surface area (Å²) in [6.45, 7) is 0. The number of benzene rings is 1. The van der Waals surface area contributed by atoms with Gasteiger partial charge < -0.3 is 19.6 Å².